The highest BCUT2D eigenvalue weighted by molar-refractivity contribution is 6.09. The fourth-order valence-electron chi connectivity index (χ4n) is 2.25. The summed E-state index contributed by atoms with van der Waals surface area (Å²) in [5, 5.41) is 5.07. The van der Waals surface area contributed by atoms with Crippen LogP contribution in [0.15, 0.2) is 66.7 Å². The second kappa shape index (κ2) is 5.64. The van der Waals surface area contributed by atoms with Gasteiger partial charge >= 0.3 is 0 Å². The van der Waals surface area contributed by atoms with E-state index in [0.717, 1.165) is 22.1 Å². The van der Waals surface area contributed by atoms with E-state index in [-0.39, 0.29) is 5.91 Å². The second-order valence-corrected chi connectivity index (χ2v) is 4.70. The Labute approximate surface area is 122 Å². The molecule has 4 heteroatoms. The monoisotopic (exact) mass is 277 g/mol. The van der Waals surface area contributed by atoms with Crippen LogP contribution in [0, 0.1) is 0 Å². The summed E-state index contributed by atoms with van der Waals surface area (Å²) in [6.07, 6.45) is 0. The molecule has 1 amide bonds. The van der Waals surface area contributed by atoms with Gasteiger partial charge in [0.1, 0.15) is 0 Å². The quantitative estimate of drug-likeness (QED) is 0.508. The standard InChI is InChI=1S/C17H15N3O/c18-20-14-10-8-13(9-11-14)17(21)19-16-7-3-5-12-4-1-2-6-15(12)16/h1-11,20H,18H2,(H,19,21). The number of carbonyl (C=O) groups excluding carboxylic acids is 1. The molecular formula is C17H15N3O. The molecule has 0 aliphatic heterocycles. The molecule has 0 fully saturated rings. The molecule has 0 aliphatic rings. The molecule has 104 valence electrons. The molecule has 0 aromatic heterocycles. The molecule has 0 atom stereocenters. The fourth-order valence-corrected chi connectivity index (χ4v) is 2.25. The predicted octanol–water partition coefficient (Wildman–Crippen LogP) is 3.38. The molecule has 3 rings (SSSR count). The van der Waals surface area contributed by atoms with Crippen LogP contribution in [0.25, 0.3) is 10.8 Å². The number of hydrazine groups is 1. The molecule has 21 heavy (non-hydrogen) atoms. The van der Waals surface area contributed by atoms with E-state index < -0.39 is 0 Å². The number of nitrogens with one attached hydrogen (secondary N) is 2. The number of amides is 1. The van der Waals surface area contributed by atoms with Gasteiger partial charge in [0, 0.05) is 22.3 Å². The van der Waals surface area contributed by atoms with Crippen LogP contribution < -0.4 is 16.6 Å². The van der Waals surface area contributed by atoms with Crippen molar-refractivity contribution in [3.63, 3.8) is 0 Å². The number of carbonyl (C=O) groups is 1. The molecule has 0 unspecified atom stereocenters. The van der Waals surface area contributed by atoms with Gasteiger partial charge in [0.2, 0.25) is 0 Å². The molecular weight excluding hydrogens is 262 g/mol. The van der Waals surface area contributed by atoms with E-state index in [1.165, 1.54) is 0 Å². The van der Waals surface area contributed by atoms with E-state index in [1.807, 2.05) is 42.5 Å². The average molecular weight is 277 g/mol. The Morgan fingerprint density at radius 1 is 0.857 bits per heavy atom. The van der Waals surface area contributed by atoms with Crippen molar-refractivity contribution < 1.29 is 4.79 Å². The number of rotatable bonds is 3. The molecule has 4 nitrogen and oxygen atoms in total. The summed E-state index contributed by atoms with van der Waals surface area (Å²) >= 11 is 0. The van der Waals surface area contributed by atoms with Crippen molar-refractivity contribution in [2.45, 2.75) is 0 Å². The number of fused-ring (bicyclic) bond motifs is 1. The zero-order valence-corrected chi connectivity index (χ0v) is 11.3. The van der Waals surface area contributed by atoms with E-state index in [2.05, 4.69) is 10.7 Å². The SMILES string of the molecule is NNc1ccc(C(=O)Nc2cccc3ccccc23)cc1. The van der Waals surface area contributed by atoms with Gasteiger partial charge in [0.25, 0.3) is 5.91 Å². The summed E-state index contributed by atoms with van der Waals surface area (Å²) in [6, 6.07) is 20.8. The van der Waals surface area contributed by atoms with Crippen molar-refractivity contribution in [1.82, 2.24) is 0 Å². The molecule has 0 aliphatic carbocycles. The van der Waals surface area contributed by atoms with Gasteiger partial charge in [-0.3, -0.25) is 10.6 Å². The first-order valence-electron chi connectivity index (χ1n) is 6.64. The first-order valence-corrected chi connectivity index (χ1v) is 6.64. The maximum Gasteiger partial charge on any atom is 0.255 e. The van der Waals surface area contributed by atoms with Crippen LogP contribution in [0.3, 0.4) is 0 Å². The van der Waals surface area contributed by atoms with Gasteiger partial charge < -0.3 is 10.7 Å². The van der Waals surface area contributed by atoms with Crippen LogP contribution in [0.2, 0.25) is 0 Å². The molecule has 0 bridgehead atoms. The van der Waals surface area contributed by atoms with Gasteiger partial charge in [-0.1, -0.05) is 36.4 Å². The van der Waals surface area contributed by atoms with E-state index in [0.29, 0.717) is 5.56 Å². The van der Waals surface area contributed by atoms with Gasteiger partial charge in [0.05, 0.1) is 0 Å². The zero-order valence-electron chi connectivity index (χ0n) is 11.3. The Balaban J connectivity index is 1.89. The lowest BCUT2D eigenvalue weighted by atomic mass is 10.1. The lowest BCUT2D eigenvalue weighted by Crippen LogP contribution is -2.12. The third-order valence-electron chi connectivity index (χ3n) is 3.35. The van der Waals surface area contributed by atoms with Crippen molar-refractivity contribution in [2.24, 2.45) is 5.84 Å². The minimum Gasteiger partial charge on any atom is -0.324 e. The molecule has 4 N–H and O–H groups in total. The van der Waals surface area contributed by atoms with Crippen molar-refractivity contribution >= 4 is 28.1 Å². The summed E-state index contributed by atoms with van der Waals surface area (Å²) in [7, 11) is 0. The van der Waals surface area contributed by atoms with E-state index >= 15 is 0 Å². The van der Waals surface area contributed by atoms with E-state index in [9.17, 15) is 4.79 Å². The van der Waals surface area contributed by atoms with Gasteiger partial charge in [0.15, 0.2) is 0 Å². The summed E-state index contributed by atoms with van der Waals surface area (Å²) in [6.45, 7) is 0. The minimum absolute atomic E-state index is 0.144. The lowest BCUT2D eigenvalue weighted by Gasteiger charge is -2.09. The number of nitrogens with two attached hydrogens (primary N) is 1. The lowest BCUT2D eigenvalue weighted by molar-refractivity contribution is 0.102. The average Bonchev–Trinajstić information content (AvgIpc) is 2.55. The van der Waals surface area contributed by atoms with E-state index in [1.54, 1.807) is 24.3 Å². The third-order valence-corrected chi connectivity index (χ3v) is 3.35. The topological polar surface area (TPSA) is 67.1 Å². The van der Waals surface area contributed by atoms with E-state index in [4.69, 9.17) is 5.84 Å². The van der Waals surface area contributed by atoms with Gasteiger partial charge in [-0.15, -0.1) is 0 Å². The molecule has 0 heterocycles. The third kappa shape index (κ3) is 2.70. The van der Waals surface area contributed by atoms with Crippen LogP contribution in [-0.4, -0.2) is 5.91 Å². The summed E-state index contributed by atoms with van der Waals surface area (Å²) in [5.74, 6) is 5.17. The Hall–Kier alpha value is -2.85. The van der Waals surface area contributed by atoms with Crippen LogP contribution in [0.1, 0.15) is 10.4 Å². The molecule has 0 spiro atoms. The normalized spacial score (nSPS) is 10.3. The van der Waals surface area contributed by atoms with Crippen LogP contribution in [0.5, 0.6) is 0 Å². The highest BCUT2D eigenvalue weighted by atomic mass is 16.1. The Bertz CT molecular complexity index is 776. The zero-order chi connectivity index (χ0) is 14.7. The number of benzene rings is 3. The number of hydrogen-bond donors (Lipinski definition) is 3. The first kappa shape index (κ1) is 13.1. The molecule has 3 aromatic rings. The Morgan fingerprint density at radius 3 is 2.33 bits per heavy atom. The number of anilines is 2. The van der Waals surface area contributed by atoms with Crippen molar-refractivity contribution in [2.75, 3.05) is 10.7 Å². The Morgan fingerprint density at radius 2 is 1.57 bits per heavy atom. The van der Waals surface area contributed by atoms with Gasteiger partial charge in [-0.05, 0) is 35.7 Å². The number of hydrogen-bond acceptors (Lipinski definition) is 3. The molecule has 0 saturated carbocycles. The van der Waals surface area contributed by atoms with Crippen LogP contribution in [-0.2, 0) is 0 Å². The van der Waals surface area contributed by atoms with Gasteiger partial charge in [-0.2, -0.15) is 0 Å². The summed E-state index contributed by atoms with van der Waals surface area (Å²) in [5.41, 5.74) is 4.69. The fraction of sp³-hybridized carbons (Fsp3) is 0. The molecule has 3 aromatic carbocycles. The van der Waals surface area contributed by atoms with Crippen LogP contribution >= 0.6 is 0 Å². The van der Waals surface area contributed by atoms with Crippen molar-refractivity contribution in [3.05, 3.63) is 72.3 Å². The smallest absolute Gasteiger partial charge is 0.255 e. The summed E-state index contributed by atoms with van der Waals surface area (Å²) < 4.78 is 0. The maximum absolute atomic E-state index is 12.3. The Kier molecular flexibility index (Phi) is 3.53. The van der Waals surface area contributed by atoms with Crippen molar-refractivity contribution in [3.8, 4) is 0 Å². The highest BCUT2D eigenvalue weighted by Crippen LogP contribution is 2.23. The predicted molar refractivity (Wildman–Crippen MR) is 86.2 cm³/mol. The number of nitrogen functional groups attached to an aromatic ring is 1. The maximum atomic E-state index is 12.3. The minimum atomic E-state index is -0.144. The second-order valence-electron chi connectivity index (χ2n) is 4.70. The highest BCUT2D eigenvalue weighted by Gasteiger charge is 2.08. The molecule has 0 saturated heterocycles. The summed E-state index contributed by atoms with van der Waals surface area (Å²) in [4.78, 5) is 12.3. The van der Waals surface area contributed by atoms with Crippen molar-refractivity contribution in [1.29, 1.82) is 0 Å². The van der Waals surface area contributed by atoms with Crippen LogP contribution in [0.4, 0.5) is 11.4 Å². The first-order chi connectivity index (χ1) is 10.3. The largest absolute Gasteiger partial charge is 0.324 e. The van der Waals surface area contributed by atoms with Gasteiger partial charge in [-0.25, -0.2) is 0 Å². The molecule has 0 radical (unpaired) electrons.